The summed E-state index contributed by atoms with van der Waals surface area (Å²) in [5, 5.41) is 21.4. The lowest BCUT2D eigenvalue weighted by molar-refractivity contribution is 0.209. The number of aromatic nitrogens is 4. The van der Waals surface area contributed by atoms with E-state index < -0.39 is 6.09 Å². The van der Waals surface area contributed by atoms with Crippen LogP contribution in [0.5, 0.6) is 0 Å². The topological polar surface area (TPSA) is 104 Å². The van der Waals surface area contributed by atoms with Crippen LogP contribution in [0.4, 0.5) is 21.0 Å². The number of benzene rings is 1. The van der Waals surface area contributed by atoms with E-state index in [1.165, 1.54) is 22.9 Å². The standard InChI is InChI=1S/C13H11FN6O2/c14-9-4-2-1-3-8(9)7-16-10-11-18-19-12(17-13(21)22)20(11)6-5-15-10/h1-6H,7H2,(H,15,16)(H,17,19)(H,21,22). The Hall–Kier alpha value is -3.23. The van der Waals surface area contributed by atoms with Gasteiger partial charge in [0.05, 0.1) is 0 Å². The molecule has 2 heterocycles. The molecule has 0 saturated heterocycles. The summed E-state index contributed by atoms with van der Waals surface area (Å²) in [6, 6.07) is 6.38. The van der Waals surface area contributed by atoms with E-state index in [0.717, 1.165) is 0 Å². The number of carbonyl (C=O) groups is 1. The van der Waals surface area contributed by atoms with Gasteiger partial charge in [-0.2, -0.15) is 0 Å². The van der Waals surface area contributed by atoms with Gasteiger partial charge >= 0.3 is 6.09 Å². The van der Waals surface area contributed by atoms with Gasteiger partial charge in [0.15, 0.2) is 5.82 Å². The lowest BCUT2D eigenvalue weighted by Gasteiger charge is -2.07. The first-order valence-electron chi connectivity index (χ1n) is 6.32. The first-order valence-corrected chi connectivity index (χ1v) is 6.32. The quantitative estimate of drug-likeness (QED) is 0.680. The number of hydrogen-bond donors (Lipinski definition) is 3. The zero-order chi connectivity index (χ0) is 15.5. The van der Waals surface area contributed by atoms with Crippen LogP contribution >= 0.6 is 0 Å². The molecule has 3 N–H and O–H groups in total. The van der Waals surface area contributed by atoms with E-state index in [1.807, 2.05) is 0 Å². The Morgan fingerprint density at radius 1 is 1.32 bits per heavy atom. The Labute approximate surface area is 123 Å². The summed E-state index contributed by atoms with van der Waals surface area (Å²) < 4.78 is 15.0. The van der Waals surface area contributed by atoms with Gasteiger partial charge < -0.3 is 10.4 Å². The first-order chi connectivity index (χ1) is 10.6. The van der Waals surface area contributed by atoms with Crippen LogP contribution in [0.25, 0.3) is 5.65 Å². The SMILES string of the molecule is O=C(O)Nc1nnc2c(NCc3ccccc3F)nccn12. The van der Waals surface area contributed by atoms with Crippen molar-refractivity contribution in [2.45, 2.75) is 6.54 Å². The van der Waals surface area contributed by atoms with Crippen LogP contribution in [0.15, 0.2) is 36.7 Å². The van der Waals surface area contributed by atoms with Gasteiger partial charge in [0, 0.05) is 24.5 Å². The fourth-order valence-electron chi connectivity index (χ4n) is 1.95. The lowest BCUT2D eigenvalue weighted by Crippen LogP contribution is -2.11. The van der Waals surface area contributed by atoms with E-state index in [-0.39, 0.29) is 18.3 Å². The van der Waals surface area contributed by atoms with Crippen LogP contribution in [-0.4, -0.2) is 30.8 Å². The van der Waals surface area contributed by atoms with E-state index >= 15 is 0 Å². The van der Waals surface area contributed by atoms with E-state index in [2.05, 4.69) is 25.8 Å². The number of fused-ring (bicyclic) bond motifs is 1. The minimum absolute atomic E-state index is 0.0545. The smallest absolute Gasteiger partial charge is 0.411 e. The van der Waals surface area contributed by atoms with Crippen molar-refractivity contribution in [2.75, 3.05) is 10.6 Å². The molecule has 0 aliphatic carbocycles. The highest BCUT2D eigenvalue weighted by atomic mass is 19.1. The number of nitrogens with zero attached hydrogens (tertiary/aromatic N) is 4. The number of halogens is 1. The Balaban J connectivity index is 1.87. The monoisotopic (exact) mass is 302 g/mol. The normalized spacial score (nSPS) is 10.6. The summed E-state index contributed by atoms with van der Waals surface area (Å²) in [7, 11) is 0. The number of carboxylic acid groups (broad SMARTS) is 1. The second-order valence-corrected chi connectivity index (χ2v) is 4.37. The maximum Gasteiger partial charge on any atom is 0.411 e. The third kappa shape index (κ3) is 2.64. The van der Waals surface area contributed by atoms with Gasteiger partial charge in [0.2, 0.25) is 11.6 Å². The molecule has 0 radical (unpaired) electrons. The van der Waals surface area contributed by atoms with E-state index in [0.29, 0.717) is 17.0 Å². The maximum atomic E-state index is 13.6. The van der Waals surface area contributed by atoms with Crippen molar-refractivity contribution in [2.24, 2.45) is 0 Å². The fourth-order valence-corrected chi connectivity index (χ4v) is 1.95. The molecule has 0 unspecified atom stereocenters. The minimum atomic E-state index is -1.24. The lowest BCUT2D eigenvalue weighted by atomic mass is 10.2. The van der Waals surface area contributed by atoms with Crippen LogP contribution in [0, 0.1) is 5.82 Å². The molecule has 2 aromatic heterocycles. The summed E-state index contributed by atoms with van der Waals surface area (Å²) in [6.07, 6.45) is 1.74. The third-order valence-corrected chi connectivity index (χ3v) is 2.95. The van der Waals surface area contributed by atoms with Crippen LogP contribution in [-0.2, 0) is 6.54 Å². The average molecular weight is 302 g/mol. The van der Waals surface area contributed by atoms with Crippen LogP contribution in [0.3, 0.4) is 0 Å². The zero-order valence-electron chi connectivity index (χ0n) is 11.2. The molecule has 22 heavy (non-hydrogen) atoms. The van der Waals surface area contributed by atoms with Crippen molar-refractivity contribution in [1.82, 2.24) is 19.6 Å². The molecule has 0 aliphatic rings. The van der Waals surface area contributed by atoms with Gasteiger partial charge in [-0.25, -0.2) is 14.2 Å². The molecule has 0 aliphatic heterocycles. The largest absolute Gasteiger partial charge is 0.465 e. The van der Waals surface area contributed by atoms with Gasteiger partial charge in [0.25, 0.3) is 0 Å². The predicted octanol–water partition coefficient (Wildman–Crippen LogP) is 1.97. The van der Waals surface area contributed by atoms with E-state index in [9.17, 15) is 9.18 Å². The highest BCUT2D eigenvalue weighted by Gasteiger charge is 2.12. The third-order valence-electron chi connectivity index (χ3n) is 2.95. The van der Waals surface area contributed by atoms with Crippen molar-refractivity contribution >= 4 is 23.5 Å². The number of anilines is 2. The molecule has 9 heteroatoms. The summed E-state index contributed by atoms with van der Waals surface area (Å²) in [4.78, 5) is 14.8. The second-order valence-electron chi connectivity index (χ2n) is 4.37. The van der Waals surface area contributed by atoms with Gasteiger partial charge in [-0.05, 0) is 6.07 Å². The number of rotatable bonds is 4. The predicted molar refractivity (Wildman–Crippen MR) is 76.2 cm³/mol. The molecule has 3 aromatic rings. The highest BCUT2D eigenvalue weighted by molar-refractivity contribution is 5.81. The molecule has 8 nitrogen and oxygen atoms in total. The van der Waals surface area contributed by atoms with Crippen molar-refractivity contribution in [3.63, 3.8) is 0 Å². The molecule has 1 aromatic carbocycles. The zero-order valence-corrected chi connectivity index (χ0v) is 11.2. The van der Waals surface area contributed by atoms with Gasteiger partial charge in [-0.1, -0.05) is 18.2 Å². The van der Waals surface area contributed by atoms with Crippen molar-refractivity contribution in [3.8, 4) is 0 Å². The Kier molecular flexibility index (Phi) is 3.52. The molecule has 0 bridgehead atoms. The molecular formula is C13H11FN6O2. The fraction of sp³-hybridized carbons (Fsp3) is 0.0769. The van der Waals surface area contributed by atoms with E-state index in [1.54, 1.807) is 18.2 Å². The molecular weight excluding hydrogens is 291 g/mol. The highest BCUT2D eigenvalue weighted by Crippen LogP contribution is 2.16. The minimum Gasteiger partial charge on any atom is -0.465 e. The Morgan fingerprint density at radius 2 is 2.14 bits per heavy atom. The van der Waals surface area contributed by atoms with Gasteiger partial charge in [-0.15, -0.1) is 10.2 Å². The van der Waals surface area contributed by atoms with Crippen LogP contribution in [0.1, 0.15) is 5.56 Å². The molecule has 3 rings (SSSR count). The number of nitrogens with one attached hydrogen (secondary N) is 2. The van der Waals surface area contributed by atoms with E-state index in [4.69, 9.17) is 5.11 Å². The maximum absolute atomic E-state index is 13.6. The molecule has 0 atom stereocenters. The van der Waals surface area contributed by atoms with Gasteiger partial charge in [-0.3, -0.25) is 9.72 Å². The van der Waals surface area contributed by atoms with Gasteiger partial charge in [0.1, 0.15) is 5.82 Å². The van der Waals surface area contributed by atoms with Crippen LogP contribution < -0.4 is 10.6 Å². The second kappa shape index (κ2) is 5.64. The average Bonchev–Trinajstić information content (AvgIpc) is 2.90. The summed E-state index contributed by atoms with van der Waals surface area (Å²) in [5.74, 6) is 0.104. The molecule has 0 saturated carbocycles. The molecule has 1 amide bonds. The molecule has 0 fully saturated rings. The number of amides is 1. The van der Waals surface area contributed by atoms with Crippen molar-refractivity contribution in [1.29, 1.82) is 0 Å². The number of hydrogen-bond acceptors (Lipinski definition) is 5. The van der Waals surface area contributed by atoms with Crippen molar-refractivity contribution in [3.05, 3.63) is 48.0 Å². The van der Waals surface area contributed by atoms with Crippen LogP contribution in [0.2, 0.25) is 0 Å². The Bertz CT molecular complexity index is 834. The summed E-state index contributed by atoms with van der Waals surface area (Å²) in [6.45, 7) is 0.216. The summed E-state index contributed by atoms with van der Waals surface area (Å²) in [5.41, 5.74) is 0.817. The summed E-state index contributed by atoms with van der Waals surface area (Å²) >= 11 is 0. The molecule has 0 spiro atoms. The Morgan fingerprint density at radius 3 is 2.91 bits per heavy atom. The molecule has 112 valence electrons. The van der Waals surface area contributed by atoms with Crippen molar-refractivity contribution < 1.29 is 14.3 Å². The first kappa shape index (κ1) is 13.7.